The molecule has 1 aliphatic rings. The molecule has 3 atom stereocenters. The van der Waals surface area contributed by atoms with Gasteiger partial charge in [-0.1, -0.05) is 82.3 Å². The zero-order valence-corrected chi connectivity index (χ0v) is 36.2. The SMILES string of the molecule is COC(=O)N[C@H](C(=O)NCCCCc1nc2ccc(-c3ccc4cc(-c5ccc(-c6cnc([C@@H]7CCCN7C(=O)[C@@H](NC(=O)OC)C(C)C)[nH]6)cc5)ccc4c3)cc2[nH]1)C(C)C. The van der Waals surface area contributed by atoms with Gasteiger partial charge in [0, 0.05) is 19.5 Å². The molecular weight excluding hydrogens is 785 g/mol. The number of carbonyl (C=O) groups excluding carboxylic acids is 4. The number of alkyl carbamates (subject to hydrolysis) is 2. The minimum Gasteiger partial charge on any atom is -0.453 e. The van der Waals surface area contributed by atoms with E-state index in [0.717, 1.165) is 99.1 Å². The molecule has 5 N–H and O–H groups in total. The van der Waals surface area contributed by atoms with Gasteiger partial charge in [-0.05, 0) is 100 Å². The number of aromatic amines is 2. The molecule has 1 fully saturated rings. The van der Waals surface area contributed by atoms with Crippen LogP contribution in [0.4, 0.5) is 9.59 Å². The first-order chi connectivity index (χ1) is 29.9. The number of H-pyrrole nitrogens is 2. The Morgan fingerprint density at radius 1 is 0.742 bits per heavy atom. The Labute approximate surface area is 361 Å². The van der Waals surface area contributed by atoms with Crippen LogP contribution in [-0.2, 0) is 25.5 Å². The maximum Gasteiger partial charge on any atom is 0.407 e. The molecule has 0 aliphatic carbocycles. The molecule has 2 aromatic heterocycles. The summed E-state index contributed by atoms with van der Waals surface area (Å²) in [5, 5.41) is 10.5. The largest absolute Gasteiger partial charge is 0.453 e. The molecule has 62 heavy (non-hydrogen) atoms. The van der Waals surface area contributed by atoms with Crippen LogP contribution in [0.1, 0.15) is 71.1 Å². The van der Waals surface area contributed by atoms with Gasteiger partial charge in [0.05, 0.1) is 43.2 Å². The number of unbranched alkanes of at least 4 members (excludes halogenated alkanes) is 1. The van der Waals surface area contributed by atoms with Gasteiger partial charge < -0.3 is 40.3 Å². The number of hydrogen-bond donors (Lipinski definition) is 5. The first-order valence-corrected chi connectivity index (χ1v) is 21.4. The van der Waals surface area contributed by atoms with Crippen LogP contribution in [0.15, 0.2) is 85.1 Å². The second kappa shape index (κ2) is 19.3. The van der Waals surface area contributed by atoms with Gasteiger partial charge in [0.15, 0.2) is 0 Å². The highest BCUT2D eigenvalue weighted by Gasteiger charge is 2.37. The van der Waals surface area contributed by atoms with Crippen LogP contribution in [0.25, 0.3) is 55.3 Å². The van der Waals surface area contributed by atoms with Crippen molar-refractivity contribution in [1.82, 2.24) is 40.8 Å². The van der Waals surface area contributed by atoms with Gasteiger partial charge in [-0.3, -0.25) is 9.59 Å². The van der Waals surface area contributed by atoms with E-state index >= 15 is 0 Å². The molecule has 0 radical (unpaired) electrons. The Hall–Kier alpha value is -6.70. The molecule has 7 rings (SSSR count). The third-order valence-corrected chi connectivity index (χ3v) is 11.6. The van der Waals surface area contributed by atoms with Crippen molar-refractivity contribution in [3.8, 4) is 33.5 Å². The standard InChI is InChI=1S/C48H56N8O6/c1-28(2)42(54-47(59)61-5)45(57)49-22-8-7-11-41-51-37-21-20-36(26-38(37)52-41)35-19-18-33-24-32(16-17-34(33)25-35)30-12-14-31(15-13-30)39-27-50-44(53-39)40-10-9-23-56(40)46(58)43(29(3)4)55-48(60)62-6/h12-21,24-29,40,42-43H,7-11,22-23H2,1-6H3,(H,49,57)(H,50,53)(H,51,52)(H,54,59)(H,55,60)/t40-,42-,43-/m0/s1. The molecule has 0 spiro atoms. The summed E-state index contributed by atoms with van der Waals surface area (Å²) in [5.41, 5.74) is 8.19. The van der Waals surface area contributed by atoms with Gasteiger partial charge in [0.2, 0.25) is 11.8 Å². The molecule has 4 amide bonds. The lowest BCUT2D eigenvalue weighted by atomic mass is 9.97. The number of imidazole rings is 2. The van der Waals surface area contributed by atoms with Gasteiger partial charge in [-0.25, -0.2) is 19.6 Å². The van der Waals surface area contributed by atoms with Crippen molar-refractivity contribution in [3.05, 3.63) is 96.7 Å². The zero-order chi connectivity index (χ0) is 43.9. The molecule has 324 valence electrons. The summed E-state index contributed by atoms with van der Waals surface area (Å²) < 4.78 is 9.42. The molecule has 1 saturated heterocycles. The van der Waals surface area contributed by atoms with Crippen molar-refractivity contribution in [2.75, 3.05) is 27.3 Å². The normalized spacial score (nSPS) is 14.9. The molecule has 4 aromatic carbocycles. The van der Waals surface area contributed by atoms with Gasteiger partial charge in [-0.15, -0.1) is 0 Å². The summed E-state index contributed by atoms with van der Waals surface area (Å²) in [7, 11) is 2.57. The van der Waals surface area contributed by atoms with Gasteiger partial charge in [0.25, 0.3) is 0 Å². The van der Waals surface area contributed by atoms with Crippen LogP contribution >= 0.6 is 0 Å². The van der Waals surface area contributed by atoms with Crippen LogP contribution in [0.2, 0.25) is 0 Å². The third-order valence-electron chi connectivity index (χ3n) is 11.6. The van der Waals surface area contributed by atoms with E-state index in [1.54, 1.807) is 0 Å². The Bertz CT molecular complexity index is 2540. The molecule has 0 bridgehead atoms. The number of hydrogen-bond acceptors (Lipinski definition) is 8. The third kappa shape index (κ3) is 9.91. The molecular formula is C48H56N8O6. The summed E-state index contributed by atoms with van der Waals surface area (Å²) in [6, 6.07) is 26.2. The van der Waals surface area contributed by atoms with Crippen LogP contribution in [0.5, 0.6) is 0 Å². The van der Waals surface area contributed by atoms with Crippen molar-refractivity contribution in [2.45, 2.75) is 77.9 Å². The van der Waals surface area contributed by atoms with Crippen molar-refractivity contribution < 1.29 is 28.7 Å². The molecule has 0 unspecified atom stereocenters. The zero-order valence-electron chi connectivity index (χ0n) is 36.2. The predicted octanol–water partition coefficient (Wildman–Crippen LogP) is 8.30. The number of methoxy groups -OCH3 is 2. The smallest absolute Gasteiger partial charge is 0.407 e. The molecule has 14 nitrogen and oxygen atoms in total. The summed E-state index contributed by atoms with van der Waals surface area (Å²) in [6.45, 7) is 8.67. The van der Waals surface area contributed by atoms with E-state index < -0.39 is 24.3 Å². The summed E-state index contributed by atoms with van der Waals surface area (Å²) in [4.78, 5) is 68.0. The lowest BCUT2D eigenvalue weighted by molar-refractivity contribution is -0.135. The van der Waals surface area contributed by atoms with Gasteiger partial charge >= 0.3 is 12.2 Å². The fourth-order valence-electron chi connectivity index (χ4n) is 8.11. The number of carbonyl (C=O) groups is 4. The number of rotatable bonds is 15. The van der Waals surface area contributed by atoms with E-state index in [1.807, 2.05) is 44.9 Å². The molecule has 6 aromatic rings. The average molecular weight is 841 g/mol. The number of aryl methyl sites for hydroxylation is 1. The number of likely N-dealkylation sites (tertiary alicyclic amines) is 1. The van der Waals surface area contributed by atoms with E-state index in [4.69, 9.17) is 14.7 Å². The van der Waals surface area contributed by atoms with E-state index in [9.17, 15) is 19.2 Å². The minimum atomic E-state index is -0.683. The highest BCUT2D eigenvalue weighted by Crippen LogP contribution is 2.34. The number of aromatic nitrogens is 4. The van der Waals surface area contributed by atoms with Crippen molar-refractivity contribution in [1.29, 1.82) is 0 Å². The Morgan fingerprint density at radius 2 is 1.34 bits per heavy atom. The maximum atomic E-state index is 13.6. The van der Waals surface area contributed by atoms with Crippen LogP contribution in [0, 0.1) is 11.8 Å². The van der Waals surface area contributed by atoms with E-state index in [1.165, 1.54) is 14.2 Å². The number of benzene rings is 4. The Morgan fingerprint density at radius 3 is 2.00 bits per heavy atom. The molecule has 14 heteroatoms. The van der Waals surface area contributed by atoms with Crippen LogP contribution in [0.3, 0.4) is 0 Å². The van der Waals surface area contributed by atoms with E-state index in [-0.39, 0.29) is 29.7 Å². The summed E-state index contributed by atoms with van der Waals surface area (Å²) in [5.74, 6) is 1.12. The van der Waals surface area contributed by atoms with Crippen LogP contribution in [-0.4, -0.2) is 88.2 Å². The Kier molecular flexibility index (Phi) is 13.5. The monoisotopic (exact) mass is 840 g/mol. The average Bonchev–Trinajstić information content (AvgIpc) is 4.06. The Balaban J connectivity index is 0.957. The first kappa shape index (κ1) is 43.4. The van der Waals surface area contributed by atoms with Crippen LogP contribution < -0.4 is 16.0 Å². The highest BCUT2D eigenvalue weighted by atomic mass is 16.5. The van der Waals surface area contributed by atoms with E-state index in [0.29, 0.717) is 13.1 Å². The molecule has 3 heterocycles. The summed E-state index contributed by atoms with van der Waals surface area (Å²) in [6.07, 6.45) is 4.59. The second-order valence-electron chi connectivity index (χ2n) is 16.6. The number of nitrogens with one attached hydrogen (secondary N) is 5. The van der Waals surface area contributed by atoms with E-state index in [2.05, 4.69) is 103 Å². The minimum absolute atomic E-state index is 0.0694. The quantitative estimate of drug-likeness (QED) is 0.0640. The summed E-state index contributed by atoms with van der Waals surface area (Å²) >= 11 is 0. The topological polar surface area (TPSA) is 183 Å². The molecule has 1 aliphatic heterocycles. The molecule has 0 saturated carbocycles. The lowest BCUT2D eigenvalue weighted by Crippen LogP contribution is -2.51. The number of fused-ring (bicyclic) bond motifs is 2. The van der Waals surface area contributed by atoms with Crippen molar-refractivity contribution >= 4 is 45.8 Å². The fraction of sp³-hybridized carbons (Fsp3) is 0.375. The lowest BCUT2D eigenvalue weighted by Gasteiger charge is -2.30. The second-order valence-corrected chi connectivity index (χ2v) is 16.6. The fourth-order valence-corrected chi connectivity index (χ4v) is 8.11. The number of amides is 4. The highest BCUT2D eigenvalue weighted by molar-refractivity contribution is 5.92. The maximum absolute atomic E-state index is 13.6. The number of nitrogens with zero attached hydrogens (tertiary/aromatic N) is 3. The van der Waals surface area contributed by atoms with Gasteiger partial charge in [0.1, 0.15) is 23.7 Å². The van der Waals surface area contributed by atoms with Gasteiger partial charge in [-0.2, -0.15) is 0 Å². The van der Waals surface area contributed by atoms with Crippen molar-refractivity contribution in [2.24, 2.45) is 11.8 Å². The number of ether oxygens (including phenoxy) is 2. The van der Waals surface area contributed by atoms with Crippen molar-refractivity contribution in [3.63, 3.8) is 0 Å². The first-order valence-electron chi connectivity index (χ1n) is 21.4. The predicted molar refractivity (Wildman–Crippen MR) is 240 cm³/mol.